The first kappa shape index (κ1) is 10.2. The van der Waals surface area contributed by atoms with Crippen LogP contribution in [0, 0.1) is 6.92 Å². The number of hydrogen-bond acceptors (Lipinski definition) is 3. The number of hydrogen-bond donors (Lipinski definition) is 1. The van der Waals surface area contributed by atoms with Gasteiger partial charge in [-0.3, -0.25) is 0 Å². The molecule has 0 saturated carbocycles. The monoisotopic (exact) mass is 183 g/mol. The smallest absolute Gasteiger partial charge is 0.105 e. The highest BCUT2D eigenvalue weighted by Crippen LogP contribution is 2.03. The molecule has 4 nitrogen and oxygen atoms in total. The second-order valence-corrected chi connectivity index (χ2v) is 2.97. The van der Waals surface area contributed by atoms with Gasteiger partial charge >= 0.3 is 0 Å². The average molecular weight is 183 g/mol. The number of rotatable bonds is 5. The number of methoxy groups -OCH3 is 1. The van der Waals surface area contributed by atoms with Gasteiger partial charge in [-0.15, -0.1) is 0 Å². The summed E-state index contributed by atoms with van der Waals surface area (Å²) in [5.41, 5.74) is 1.21. The van der Waals surface area contributed by atoms with Crippen LogP contribution in [-0.4, -0.2) is 30.3 Å². The molecule has 0 fully saturated rings. The molecule has 0 saturated heterocycles. The second kappa shape index (κ2) is 4.99. The lowest BCUT2D eigenvalue weighted by Gasteiger charge is -2.08. The SMILES string of the molecule is CNCc1cnc(C)n1CCOC. The summed E-state index contributed by atoms with van der Waals surface area (Å²) in [6, 6.07) is 0. The number of imidazole rings is 1. The lowest BCUT2D eigenvalue weighted by molar-refractivity contribution is 0.185. The van der Waals surface area contributed by atoms with Gasteiger partial charge in [0.2, 0.25) is 0 Å². The maximum Gasteiger partial charge on any atom is 0.105 e. The second-order valence-electron chi connectivity index (χ2n) is 2.97. The van der Waals surface area contributed by atoms with Crippen LogP contribution in [0.2, 0.25) is 0 Å². The van der Waals surface area contributed by atoms with E-state index in [9.17, 15) is 0 Å². The molecule has 0 aliphatic rings. The van der Waals surface area contributed by atoms with Crippen molar-refractivity contribution in [3.05, 3.63) is 17.7 Å². The van der Waals surface area contributed by atoms with E-state index in [1.54, 1.807) is 7.11 Å². The minimum atomic E-state index is 0.730. The molecule has 74 valence electrons. The molecular formula is C9H17N3O. The van der Waals surface area contributed by atoms with Crippen LogP contribution < -0.4 is 5.32 Å². The molecule has 0 unspecified atom stereocenters. The Labute approximate surface area is 78.9 Å². The van der Waals surface area contributed by atoms with Crippen molar-refractivity contribution in [2.75, 3.05) is 20.8 Å². The Hall–Kier alpha value is -0.870. The summed E-state index contributed by atoms with van der Waals surface area (Å²) >= 11 is 0. The third-order valence-electron chi connectivity index (χ3n) is 2.01. The van der Waals surface area contributed by atoms with Crippen molar-refractivity contribution in [3.63, 3.8) is 0 Å². The third kappa shape index (κ3) is 2.54. The summed E-state index contributed by atoms with van der Waals surface area (Å²) in [7, 11) is 3.65. The van der Waals surface area contributed by atoms with Gasteiger partial charge < -0.3 is 14.6 Å². The van der Waals surface area contributed by atoms with Gasteiger partial charge in [0.15, 0.2) is 0 Å². The van der Waals surface area contributed by atoms with E-state index >= 15 is 0 Å². The molecule has 0 bridgehead atoms. The van der Waals surface area contributed by atoms with Crippen LogP contribution in [0.3, 0.4) is 0 Å². The molecule has 0 radical (unpaired) electrons. The van der Waals surface area contributed by atoms with E-state index in [4.69, 9.17) is 4.74 Å². The number of aryl methyl sites for hydroxylation is 1. The summed E-state index contributed by atoms with van der Waals surface area (Å²) in [5.74, 6) is 1.04. The molecule has 1 heterocycles. The molecule has 0 amide bonds. The minimum Gasteiger partial charge on any atom is -0.383 e. The van der Waals surface area contributed by atoms with Crippen LogP contribution in [0.5, 0.6) is 0 Å². The lowest BCUT2D eigenvalue weighted by Crippen LogP contribution is -2.14. The fraction of sp³-hybridized carbons (Fsp3) is 0.667. The van der Waals surface area contributed by atoms with Gasteiger partial charge in [0.1, 0.15) is 5.82 Å². The lowest BCUT2D eigenvalue weighted by atomic mass is 10.4. The van der Waals surface area contributed by atoms with Crippen LogP contribution in [0.1, 0.15) is 11.5 Å². The quantitative estimate of drug-likeness (QED) is 0.725. The Balaban J connectivity index is 2.69. The number of nitrogens with zero attached hydrogens (tertiary/aromatic N) is 2. The molecule has 1 N–H and O–H groups in total. The zero-order chi connectivity index (χ0) is 9.68. The molecule has 13 heavy (non-hydrogen) atoms. The van der Waals surface area contributed by atoms with E-state index < -0.39 is 0 Å². The van der Waals surface area contributed by atoms with Gasteiger partial charge in [-0.2, -0.15) is 0 Å². The predicted octanol–water partition coefficient (Wildman–Crippen LogP) is 0.557. The van der Waals surface area contributed by atoms with Crippen LogP contribution in [0.15, 0.2) is 6.20 Å². The fourth-order valence-corrected chi connectivity index (χ4v) is 1.33. The van der Waals surface area contributed by atoms with E-state index in [2.05, 4.69) is 14.9 Å². The van der Waals surface area contributed by atoms with Gasteiger partial charge in [-0.1, -0.05) is 0 Å². The zero-order valence-electron chi connectivity index (χ0n) is 8.50. The van der Waals surface area contributed by atoms with Crippen LogP contribution in [0.25, 0.3) is 0 Å². The summed E-state index contributed by atoms with van der Waals surface area (Å²) in [6.07, 6.45) is 1.90. The maximum absolute atomic E-state index is 5.03. The molecule has 0 spiro atoms. The van der Waals surface area contributed by atoms with E-state index in [0.717, 1.165) is 25.5 Å². The molecule has 0 aliphatic carbocycles. The predicted molar refractivity (Wildman–Crippen MR) is 51.6 cm³/mol. The Morgan fingerprint density at radius 3 is 3.00 bits per heavy atom. The summed E-state index contributed by atoms with van der Waals surface area (Å²) in [6.45, 7) is 4.46. The minimum absolute atomic E-state index is 0.730. The Morgan fingerprint density at radius 1 is 1.62 bits per heavy atom. The van der Waals surface area contributed by atoms with Crippen LogP contribution in [0.4, 0.5) is 0 Å². The number of nitrogens with one attached hydrogen (secondary N) is 1. The summed E-state index contributed by atoms with van der Waals surface area (Å²) in [5, 5.41) is 3.11. The highest BCUT2D eigenvalue weighted by Gasteiger charge is 2.04. The maximum atomic E-state index is 5.03. The third-order valence-corrected chi connectivity index (χ3v) is 2.01. The van der Waals surface area contributed by atoms with E-state index in [-0.39, 0.29) is 0 Å². The van der Waals surface area contributed by atoms with Gasteiger partial charge in [0, 0.05) is 26.4 Å². The van der Waals surface area contributed by atoms with Crippen LogP contribution >= 0.6 is 0 Å². The van der Waals surface area contributed by atoms with Gasteiger partial charge in [-0.05, 0) is 14.0 Å². The Morgan fingerprint density at radius 2 is 2.38 bits per heavy atom. The van der Waals surface area contributed by atoms with Crippen LogP contribution in [-0.2, 0) is 17.8 Å². The Kier molecular flexibility index (Phi) is 3.92. The largest absolute Gasteiger partial charge is 0.383 e. The highest BCUT2D eigenvalue weighted by atomic mass is 16.5. The fourth-order valence-electron chi connectivity index (χ4n) is 1.33. The van der Waals surface area contributed by atoms with Gasteiger partial charge in [0.05, 0.1) is 12.3 Å². The van der Waals surface area contributed by atoms with Gasteiger partial charge in [-0.25, -0.2) is 4.98 Å². The molecule has 0 aliphatic heterocycles. The molecule has 4 heteroatoms. The zero-order valence-corrected chi connectivity index (χ0v) is 8.50. The molecule has 0 aromatic carbocycles. The summed E-state index contributed by atoms with van der Waals surface area (Å²) < 4.78 is 7.20. The van der Waals surface area contributed by atoms with E-state index in [1.807, 2.05) is 20.2 Å². The highest BCUT2D eigenvalue weighted by molar-refractivity contribution is 5.04. The van der Waals surface area contributed by atoms with Crippen molar-refractivity contribution in [1.29, 1.82) is 0 Å². The topological polar surface area (TPSA) is 39.1 Å². The van der Waals surface area contributed by atoms with Crippen molar-refractivity contribution in [2.24, 2.45) is 0 Å². The van der Waals surface area contributed by atoms with Crippen molar-refractivity contribution in [2.45, 2.75) is 20.0 Å². The van der Waals surface area contributed by atoms with Crippen molar-refractivity contribution in [3.8, 4) is 0 Å². The first-order chi connectivity index (χ1) is 6.29. The average Bonchev–Trinajstić information content (AvgIpc) is 2.45. The van der Waals surface area contributed by atoms with Crippen molar-refractivity contribution < 1.29 is 4.74 Å². The summed E-state index contributed by atoms with van der Waals surface area (Å²) in [4.78, 5) is 4.26. The molecule has 1 rings (SSSR count). The molecule has 1 aromatic heterocycles. The van der Waals surface area contributed by atoms with Crippen molar-refractivity contribution >= 4 is 0 Å². The molecule has 1 aromatic rings. The number of aromatic nitrogens is 2. The Bertz CT molecular complexity index is 257. The molecule has 0 atom stereocenters. The van der Waals surface area contributed by atoms with E-state index in [0.29, 0.717) is 0 Å². The normalized spacial score (nSPS) is 10.7. The number of ether oxygens (including phenoxy) is 1. The molecular weight excluding hydrogens is 166 g/mol. The van der Waals surface area contributed by atoms with Crippen molar-refractivity contribution in [1.82, 2.24) is 14.9 Å². The standard InChI is InChI=1S/C9H17N3O/c1-8-11-7-9(6-10-2)12(8)4-5-13-3/h7,10H,4-6H2,1-3H3. The first-order valence-corrected chi connectivity index (χ1v) is 4.44. The van der Waals surface area contributed by atoms with Gasteiger partial charge in [0.25, 0.3) is 0 Å². The van der Waals surface area contributed by atoms with E-state index in [1.165, 1.54) is 5.69 Å². The first-order valence-electron chi connectivity index (χ1n) is 4.44.